The average molecular weight is 321 g/mol. The summed E-state index contributed by atoms with van der Waals surface area (Å²) in [6.45, 7) is 9.85. The zero-order valence-corrected chi connectivity index (χ0v) is 14.8. The van der Waals surface area contributed by atoms with E-state index in [2.05, 4.69) is 48.5 Å². The van der Waals surface area contributed by atoms with Gasteiger partial charge in [0.2, 0.25) is 0 Å². The highest BCUT2D eigenvalue weighted by molar-refractivity contribution is 5.80. The number of methoxy groups -OCH3 is 1. The molecular formula is C18H31N3O2. The van der Waals surface area contributed by atoms with Crippen LogP contribution in [0.5, 0.6) is 0 Å². The summed E-state index contributed by atoms with van der Waals surface area (Å²) in [5.41, 5.74) is 1.20. The standard InChI is InChI=1S/C18H31N3O2/c1-5-19-18(21-16(3)13-22-4)20-11-15(2)12-23-14-17-9-7-6-8-10-17/h6-10,15-16H,5,11-14H2,1-4H3,(H2,19,20,21). The van der Waals surface area contributed by atoms with Gasteiger partial charge in [-0.15, -0.1) is 0 Å². The van der Waals surface area contributed by atoms with Crippen LogP contribution < -0.4 is 10.6 Å². The highest BCUT2D eigenvalue weighted by Gasteiger charge is 2.06. The summed E-state index contributed by atoms with van der Waals surface area (Å²) in [6, 6.07) is 10.5. The molecule has 1 aromatic carbocycles. The fourth-order valence-corrected chi connectivity index (χ4v) is 2.10. The molecule has 0 bridgehead atoms. The van der Waals surface area contributed by atoms with Crippen LogP contribution in [0.3, 0.4) is 0 Å². The van der Waals surface area contributed by atoms with Gasteiger partial charge in [-0.2, -0.15) is 0 Å². The number of guanidine groups is 1. The quantitative estimate of drug-likeness (QED) is 0.513. The molecule has 0 aliphatic rings. The fourth-order valence-electron chi connectivity index (χ4n) is 2.10. The lowest BCUT2D eigenvalue weighted by Gasteiger charge is -2.18. The molecule has 1 aromatic rings. The maximum Gasteiger partial charge on any atom is 0.191 e. The van der Waals surface area contributed by atoms with Crippen molar-refractivity contribution in [1.82, 2.24) is 10.6 Å². The highest BCUT2D eigenvalue weighted by Crippen LogP contribution is 2.03. The molecule has 1 rings (SSSR count). The van der Waals surface area contributed by atoms with E-state index in [1.54, 1.807) is 7.11 Å². The van der Waals surface area contributed by atoms with Crippen molar-refractivity contribution in [3.05, 3.63) is 35.9 Å². The summed E-state index contributed by atoms with van der Waals surface area (Å²) in [5, 5.41) is 6.58. The third-order valence-corrected chi connectivity index (χ3v) is 3.22. The van der Waals surface area contributed by atoms with E-state index in [9.17, 15) is 0 Å². The third-order valence-electron chi connectivity index (χ3n) is 3.22. The number of rotatable bonds is 10. The molecule has 2 N–H and O–H groups in total. The van der Waals surface area contributed by atoms with Gasteiger partial charge in [-0.1, -0.05) is 37.3 Å². The summed E-state index contributed by atoms with van der Waals surface area (Å²) in [7, 11) is 1.70. The second kappa shape index (κ2) is 11.9. The highest BCUT2D eigenvalue weighted by atomic mass is 16.5. The van der Waals surface area contributed by atoms with Crippen LogP contribution in [-0.2, 0) is 16.1 Å². The lowest BCUT2D eigenvalue weighted by atomic mass is 10.2. The SMILES string of the molecule is CCNC(=NCC(C)COCc1ccccc1)NC(C)COC. The maximum atomic E-state index is 5.76. The Morgan fingerprint density at radius 1 is 1.17 bits per heavy atom. The molecule has 0 saturated heterocycles. The molecule has 2 unspecified atom stereocenters. The monoisotopic (exact) mass is 321 g/mol. The minimum atomic E-state index is 0.224. The number of aliphatic imine (C=N–C) groups is 1. The van der Waals surface area contributed by atoms with Crippen molar-refractivity contribution in [1.29, 1.82) is 0 Å². The first kappa shape index (κ1) is 19.5. The molecule has 0 aliphatic heterocycles. The predicted octanol–water partition coefficient (Wildman–Crippen LogP) is 2.43. The van der Waals surface area contributed by atoms with Gasteiger partial charge in [0.15, 0.2) is 5.96 Å². The minimum absolute atomic E-state index is 0.224. The molecule has 0 aromatic heterocycles. The fraction of sp³-hybridized carbons (Fsp3) is 0.611. The van der Waals surface area contributed by atoms with Crippen LogP contribution in [0.15, 0.2) is 35.3 Å². The Labute approximate surface area is 140 Å². The number of nitrogens with one attached hydrogen (secondary N) is 2. The third kappa shape index (κ3) is 9.21. The van der Waals surface area contributed by atoms with Gasteiger partial charge in [0.05, 0.1) is 19.8 Å². The van der Waals surface area contributed by atoms with Crippen LogP contribution in [0, 0.1) is 5.92 Å². The summed E-state index contributed by atoms with van der Waals surface area (Å²) >= 11 is 0. The topological polar surface area (TPSA) is 54.9 Å². The molecule has 0 saturated carbocycles. The summed E-state index contributed by atoms with van der Waals surface area (Å²) in [4.78, 5) is 4.62. The zero-order valence-electron chi connectivity index (χ0n) is 14.8. The molecule has 0 radical (unpaired) electrons. The van der Waals surface area contributed by atoms with E-state index in [4.69, 9.17) is 9.47 Å². The van der Waals surface area contributed by atoms with E-state index in [-0.39, 0.29) is 6.04 Å². The van der Waals surface area contributed by atoms with E-state index in [1.807, 2.05) is 18.2 Å². The van der Waals surface area contributed by atoms with Crippen molar-refractivity contribution in [2.45, 2.75) is 33.4 Å². The maximum absolute atomic E-state index is 5.76. The molecule has 23 heavy (non-hydrogen) atoms. The van der Waals surface area contributed by atoms with Gasteiger partial charge in [-0.3, -0.25) is 4.99 Å². The number of ether oxygens (including phenoxy) is 2. The van der Waals surface area contributed by atoms with Gasteiger partial charge in [-0.05, 0) is 25.3 Å². The Bertz CT molecular complexity index is 437. The first-order chi connectivity index (χ1) is 11.2. The summed E-state index contributed by atoms with van der Waals surface area (Å²) in [5.74, 6) is 1.19. The predicted molar refractivity (Wildman–Crippen MR) is 95.7 cm³/mol. The molecule has 130 valence electrons. The molecule has 5 nitrogen and oxygen atoms in total. The zero-order chi connectivity index (χ0) is 16.9. The van der Waals surface area contributed by atoms with Crippen molar-refractivity contribution in [2.24, 2.45) is 10.9 Å². The Morgan fingerprint density at radius 3 is 2.57 bits per heavy atom. The number of nitrogens with zero attached hydrogens (tertiary/aromatic N) is 1. The van der Waals surface area contributed by atoms with Crippen LogP contribution in [0.1, 0.15) is 26.3 Å². The molecule has 0 fully saturated rings. The van der Waals surface area contributed by atoms with Crippen molar-refractivity contribution in [3.63, 3.8) is 0 Å². The molecule has 2 atom stereocenters. The van der Waals surface area contributed by atoms with Crippen molar-refractivity contribution < 1.29 is 9.47 Å². The second-order valence-electron chi connectivity index (χ2n) is 5.83. The lowest BCUT2D eigenvalue weighted by Crippen LogP contribution is -2.44. The van der Waals surface area contributed by atoms with Crippen molar-refractivity contribution >= 4 is 5.96 Å². The van der Waals surface area contributed by atoms with Crippen molar-refractivity contribution in [2.75, 3.05) is 33.4 Å². The Balaban J connectivity index is 2.32. The Hall–Kier alpha value is -1.59. The molecule has 0 aliphatic carbocycles. The van der Waals surface area contributed by atoms with E-state index < -0.39 is 0 Å². The largest absolute Gasteiger partial charge is 0.383 e. The van der Waals surface area contributed by atoms with Gasteiger partial charge in [0.1, 0.15) is 0 Å². The average Bonchev–Trinajstić information content (AvgIpc) is 2.54. The molecule has 0 spiro atoms. The van der Waals surface area contributed by atoms with Crippen LogP contribution in [-0.4, -0.2) is 45.4 Å². The Kier molecular flexibility index (Phi) is 10.1. The summed E-state index contributed by atoms with van der Waals surface area (Å²) < 4.78 is 10.9. The normalized spacial score (nSPS) is 14.3. The van der Waals surface area contributed by atoms with E-state index in [1.165, 1.54) is 5.56 Å². The molecule has 5 heteroatoms. The van der Waals surface area contributed by atoms with E-state index >= 15 is 0 Å². The lowest BCUT2D eigenvalue weighted by molar-refractivity contribution is 0.0944. The van der Waals surface area contributed by atoms with Crippen LogP contribution in [0.2, 0.25) is 0 Å². The van der Waals surface area contributed by atoms with Crippen LogP contribution in [0.4, 0.5) is 0 Å². The smallest absolute Gasteiger partial charge is 0.191 e. The van der Waals surface area contributed by atoms with Gasteiger partial charge in [0.25, 0.3) is 0 Å². The number of benzene rings is 1. The minimum Gasteiger partial charge on any atom is -0.383 e. The van der Waals surface area contributed by atoms with E-state index in [0.717, 1.165) is 19.0 Å². The van der Waals surface area contributed by atoms with Gasteiger partial charge >= 0.3 is 0 Å². The Morgan fingerprint density at radius 2 is 1.91 bits per heavy atom. The van der Waals surface area contributed by atoms with Crippen LogP contribution >= 0.6 is 0 Å². The first-order valence-corrected chi connectivity index (χ1v) is 8.31. The summed E-state index contributed by atoms with van der Waals surface area (Å²) in [6.07, 6.45) is 0. The molecule has 0 amide bonds. The number of hydrogen-bond acceptors (Lipinski definition) is 3. The molecule has 0 heterocycles. The van der Waals surface area contributed by atoms with Gasteiger partial charge in [-0.25, -0.2) is 0 Å². The van der Waals surface area contributed by atoms with Crippen LogP contribution in [0.25, 0.3) is 0 Å². The number of hydrogen-bond donors (Lipinski definition) is 2. The first-order valence-electron chi connectivity index (χ1n) is 8.31. The van der Waals surface area contributed by atoms with E-state index in [0.29, 0.717) is 25.7 Å². The van der Waals surface area contributed by atoms with Gasteiger partial charge < -0.3 is 20.1 Å². The second-order valence-corrected chi connectivity index (χ2v) is 5.83. The molecular weight excluding hydrogens is 290 g/mol. The van der Waals surface area contributed by atoms with Crippen molar-refractivity contribution in [3.8, 4) is 0 Å². The van der Waals surface area contributed by atoms with Gasteiger partial charge in [0, 0.05) is 26.2 Å².